The van der Waals surface area contributed by atoms with E-state index < -0.39 is 27.4 Å². The highest BCUT2D eigenvalue weighted by molar-refractivity contribution is 7.88. The Morgan fingerprint density at radius 2 is 1.84 bits per heavy atom. The van der Waals surface area contributed by atoms with Crippen molar-refractivity contribution >= 4 is 21.8 Å². The Labute approximate surface area is 189 Å². The van der Waals surface area contributed by atoms with Crippen LogP contribution in [0.4, 0.5) is 0 Å². The van der Waals surface area contributed by atoms with Gasteiger partial charge in [0.05, 0.1) is 19.9 Å². The van der Waals surface area contributed by atoms with Gasteiger partial charge in [-0.3, -0.25) is 9.59 Å². The Balaban J connectivity index is 1.88. The van der Waals surface area contributed by atoms with Crippen LogP contribution in [0.2, 0.25) is 0 Å². The molecule has 1 saturated heterocycles. The SMILES string of the molecule is COc1cccc(CN2C(=O)CN(S(C)(=O)=O)C[C@]2(C)C(=O)NCc2ccc(C)cc2)c1. The van der Waals surface area contributed by atoms with E-state index in [1.165, 1.54) is 4.90 Å². The number of nitrogens with one attached hydrogen (secondary N) is 1. The molecule has 0 aliphatic carbocycles. The fourth-order valence-corrected chi connectivity index (χ4v) is 4.55. The van der Waals surface area contributed by atoms with Crippen molar-refractivity contribution in [3.8, 4) is 5.75 Å². The molecule has 1 N–H and O–H groups in total. The van der Waals surface area contributed by atoms with Gasteiger partial charge in [-0.2, -0.15) is 4.31 Å². The first-order valence-corrected chi connectivity index (χ1v) is 12.1. The van der Waals surface area contributed by atoms with Crippen molar-refractivity contribution in [3.05, 3.63) is 65.2 Å². The van der Waals surface area contributed by atoms with Gasteiger partial charge in [-0.05, 0) is 37.1 Å². The van der Waals surface area contributed by atoms with E-state index in [4.69, 9.17) is 4.74 Å². The minimum absolute atomic E-state index is 0.124. The molecular formula is C23H29N3O5S. The number of nitrogens with zero attached hydrogens (tertiary/aromatic N) is 2. The van der Waals surface area contributed by atoms with Gasteiger partial charge in [0, 0.05) is 19.6 Å². The van der Waals surface area contributed by atoms with Crippen molar-refractivity contribution in [3.63, 3.8) is 0 Å². The maximum atomic E-state index is 13.4. The summed E-state index contributed by atoms with van der Waals surface area (Å²) in [5.74, 6) is -0.213. The van der Waals surface area contributed by atoms with Crippen molar-refractivity contribution in [1.82, 2.24) is 14.5 Å². The molecule has 1 aliphatic heterocycles. The topological polar surface area (TPSA) is 96.0 Å². The third kappa shape index (κ3) is 5.28. The van der Waals surface area contributed by atoms with Crippen molar-refractivity contribution in [2.45, 2.75) is 32.5 Å². The number of carbonyl (C=O) groups excluding carboxylic acids is 2. The summed E-state index contributed by atoms with van der Waals surface area (Å²) >= 11 is 0. The number of piperazine rings is 1. The van der Waals surface area contributed by atoms with E-state index in [1.54, 1.807) is 32.2 Å². The van der Waals surface area contributed by atoms with E-state index in [0.29, 0.717) is 5.75 Å². The molecular weight excluding hydrogens is 430 g/mol. The number of hydrogen-bond acceptors (Lipinski definition) is 5. The van der Waals surface area contributed by atoms with Gasteiger partial charge in [0.1, 0.15) is 11.3 Å². The normalized spacial score (nSPS) is 19.6. The average molecular weight is 460 g/mol. The summed E-state index contributed by atoms with van der Waals surface area (Å²) in [6.45, 7) is 3.59. The average Bonchev–Trinajstić information content (AvgIpc) is 2.75. The molecule has 0 spiro atoms. The second-order valence-electron chi connectivity index (χ2n) is 8.30. The third-order valence-electron chi connectivity index (χ3n) is 5.70. The molecule has 0 unspecified atom stereocenters. The Kier molecular flexibility index (Phi) is 6.90. The predicted molar refractivity (Wildman–Crippen MR) is 121 cm³/mol. The first-order valence-electron chi connectivity index (χ1n) is 10.3. The number of carbonyl (C=O) groups is 2. The zero-order valence-corrected chi connectivity index (χ0v) is 19.6. The van der Waals surface area contributed by atoms with Crippen molar-refractivity contribution in [2.75, 3.05) is 26.5 Å². The summed E-state index contributed by atoms with van der Waals surface area (Å²) in [6.07, 6.45) is 1.04. The second kappa shape index (κ2) is 9.30. The van der Waals surface area contributed by atoms with Crippen molar-refractivity contribution in [1.29, 1.82) is 0 Å². The molecule has 0 saturated carbocycles. The fourth-order valence-electron chi connectivity index (χ4n) is 3.72. The zero-order chi connectivity index (χ0) is 23.5. The van der Waals surface area contributed by atoms with Gasteiger partial charge >= 0.3 is 0 Å². The van der Waals surface area contributed by atoms with Crippen LogP contribution in [0.25, 0.3) is 0 Å². The molecule has 2 amide bonds. The maximum Gasteiger partial charge on any atom is 0.247 e. The molecule has 0 aromatic heterocycles. The van der Waals surface area contributed by atoms with E-state index in [9.17, 15) is 18.0 Å². The highest BCUT2D eigenvalue weighted by atomic mass is 32.2. The van der Waals surface area contributed by atoms with Crippen molar-refractivity contribution in [2.24, 2.45) is 0 Å². The Morgan fingerprint density at radius 3 is 2.47 bits per heavy atom. The molecule has 1 heterocycles. The molecule has 2 aromatic rings. The van der Waals surface area contributed by atoms with Crippen LogP contribution in [-0.2, 0) is 32.7 Å². The number of aryl methyl sites for hydroxylation is 1. The van der Waals surface area contributed by atoms with E-state index in [1.807, 2.05) is 37.3 Å². The number of amides is 2. The Hall–Kier alpha value is -2.91. The van der Waals surface area contributed by atoms with Crippen LogP contribution in [0.5, 0.6) is 5.75 Å². The number of sulfonamides is 1. The number of benzene rings is 2. The van der Waals surface area contributed by atoms with Crippen LogP contribution in [-0.4, -0.2) is 61.4 Å². The fraction of sp³-hybridized carbons (Fsp3) is 0.391. The minimum Gasteiger partial charge on any atom is -0.497 e. The lowest BCUT2D eigenvalue weighted by atomic mass is 9.94. The molecule has 1 fully saturated rings. The highest BCUT2D eigenvalue weighted by Crippen LogP contribution is 2.27. The number of ether oxygens (including phenoxy) is 1. The van der Waals surface area contributed by atoms with Crippen LogP contribution < -0.4 is 10.1 Å². The number of rotatable bonds is 7. The number of methoxy groups -OCH3 is 1. The first kappa shape index (κ1) is 23.7. The van der Waals surface area contributed by atoms with Crippen LogP contribution in [0.1, 0.15) is 23.6 Å². The zero-order valence-electron chi connectivity index (χ0n) is 18.8. The minimum atomic E-state index is -3.66. The van der Waals surface area contributed by atoms with Crippen molar-refractivity contribution < 1.29 is 22.7 Å². The Bertz CT molecular complexity index is 1100. The summed E-state index contributed by atoms with van der Waals surface area (Å²) in [5, 5.41) is 2.88. The van der Waals surface area contributed by atoms with Gasteiger partial charge in [-0.15, -0.1) is 0 Å². The van der Waals surface area contributed by atoms with E-state index in [-0.39, 0.29) is 26.2 Å². The summed E-state index contributed by atoms with van der Waals surface area (Å²) in [5.41, 5.74) is 1.42. The second-order valence-corrected chi connectivity index (χ2v) is 10.3. The van der Waals surface area contributed by atoms with Crippen LogP contribution >= 0.6 is 0 Å². The highest BCUT2D eigenvalue weighted by Gasteiger charge is 2.49. The molecule has 0 radical (unpaired) electrons. The quantitative estimate of drug-likeness (QED) is 0.680. The molecule has 9 heteroatoms. The summed E-state index contributed by atoms with van der Waals surface area (Å²) < 4.78 is 30.7. The lowest BCUT2D eigenvalue weighted by Crippen LogP contribution is -2.69. The molecule has 172 valence electrons. The predicted octanol–water partition coefficient (Wildman–Crippen LogP) is 1.68. The molecule has 32 heavy (non-hydrogen) atoms. The lowest BCUT2D eigenvalue weighted by Gasteiger charge is -2.46. The van der Waals surface area contributed by atoms with Gasteiger partial charge in [0.2, 0.25) is 21.8 Å². The van der Waals surface area contributed by atoms with Crippen LogP contribution in [0.3, 0.4) is 0 Å². The van der Waals surface area contributed by atoms with Crippen LogP contribution in [0, 0.1) is 6.92 Å². The summed E-state index contributed by atoms with van der Waals surface area (Å²) in [4.78, 5) is 27.9. The van der Waals surface area contributed by atoms with Gasteiger partial charge in [-0.25, -0.2) is 8.42 Å². The molecule has 0 bridgehead atoms. The van der Waals surface area contributed by atoms with E-state index in [2.05, 4.69) is 5.32 Å². The van der Waals surface area contributed by atoms with Gasteiger partial charge in [0.25, 0.3) is 0 Å². The lowest BCUT2D eigenvalue weighted by molar-refractivity contribution is -0.153. The smallest absolute Gasteiger partial charge is 0.247 e. The summed E-state index contributed by atoms with van der Waals surface area (Å²) in [6, 6.07) is 15.0. The van der Waals surface area contributed by atoms with Gasteiger partial charge < -0.3 is 15.0 Å². The van der Waals surface area contributed by atoms with Crippen LogP contribution in [0.15, 0.2) is 48.5 Å². The number of hydrogen-bond donors (Lipinski definition) is 1. The molecule has 1 atom stereocenters. The van der Waals surface area contributed by atoms with Gasteiger partial charge in [0.15, 0.2) is 0 Å². The van der Waals surface area contributed by atoms with Gasteiger partial charge in [-0.1, -0.05) is 42.0 Å². The molecule has 8 nitrogen and oxygen atoms in total. The van der Waals surface area contributed by atoms with E-state index in [0.717, 1.165) is 27.3 Å². The monoisotopic (exact) mass is 459 g/mol. The summed E-state index contributed by atoms with van der Waals surface area (Å²) in [7, 11) is -2.10. The molecule has 1 aliphatic rings. The molecule has 3 rings (SSSR count). The third-order valence-corrected chi connectivity index (χ3v) is 6.90. The Morgan fingerprint density at radius 1 is 1.16 bits per heavy atom. The standard InChI is InChI=1S/C23H29N3O5S/c1-17-8-10-18(11-9-17)13-24-22(28)23(2)16-25(32(4,29)30)15-21(27)26(23)14-19-6-5-7-20(12-19)31-3/h5-12H,13-16H2,1-4H3,(H,24,28)/t23-/m1/s1. The maximum absolute atomic E-state index is 13.4. The molecule has 2 aromatic carbocycles. The van der Waals surface area contributed by atoms with E-state index >= 15 is 0 Å². The largest absolute Gasteiger partial charge is 0.497 e. The first-order chi connectivity index (χ1) is 15.0.